The van der Waals surface area contributed by atoms with Crippen molar-refractivity contribution in [2.45, 2.75) is 12.5 Å². The van der Waals surface area contributed by atoms with Gasteiger partial charge in [0.05, 0.1) is 17.9 Å². The second-order valence-corrected chi connectivity index (χ2v) is 6.19. The maximum Gasteiger partial charge on any atom is 0.307 e. The predicted molar refractivity (Wildman–Crippen MR) is 60.9 cm³/mol. The lowest BCUT2D eigenvalue weighted by atomic mass is 10.1. The summed E-state index contributed by atoms with van der Waals surface area (Å²) in [4.78, 5) is 10.5. The topological polar surface area (TPSA) is 80.7 Å². The third-order valence-corrected chi connectivity index (χ3v) is 4.22. The molecule has 2 rings (SSSR count). The molecule has 1 fully saturated rings. The number of hydrogen-bond donors (Lipinski definition) is 1. The van der Waals surface area contributed by atoms with Crippen molar-refractivity contribution in [1.29, 1.82) is 0 Å². The molecular weight excluding hydrogens is 244 g/mol. The highest BCUT2D eigenvalue weighted by Gasteiger charge is 2.35. The van der Waals surface area contributed by atoms with E-state index in [4.69, 9.17) is 9.84 Å². The quantitative estimate of drug-likeness (QED) is 0.848. The number of ether oxygens (including phenoxy) is 1. The van der Waals surface area contributed by atoms with E-state index in [1.807, 2.05) is 0 Å². The molecule has 6 heteroatoms. The summed E-state index contributed by atoms with van der Waals surface area (Å²) in [5.41, 5.74) is 0.686. The standard InChI is InChI=1S/C11H12O5S/c12-11(13)5-8-1-3-9(4-2-8)16-10-6-17(14,15)7-10/h1-4,10H,5-7H2,(H,12,13). The highest BCUT2D eigenvalue weighted by atomic mass is 32.2. The minimum atomic E-state index is -2.88. The maximum atomic E-state index is 10.9. The number of hydrogen-bond acceptors (Lipinski definition) is 4. The summed E-state index contributed by atoms with van der Waals surface area (Å²) in [5, 5.41) is 8.59. The first-order chi connectivity index (χ1) is 7.94. The van der Waals surface area contributed by atoms with Crippen LogP contribution < -0.4 is 4.74 Å². The monoisotopic (exact) mass is 256 g/mol. The van der Waals surface area contributed by atoms with Gasteiger partial charge < -0.3 is 9.84 Å². The summed E-state index contributed by atoms with van der Waals surface area (Å²) in [6, 6.07) is 6.64. The first kappa shape index (κ1) is 11.9. The molecule has 0 atom stereocenters. The number of carboxylic acids is 1. The SMILES string of the molecule is O=C(O)Cc1ccc(OC2CS(=O)(=O)C2)cc1. The van der Waals surface area contributed by atoms with Crippen LogP contribution in [0, 0.1) is 0 Å². The molecular formula is C11H12O5S. The number of carbonyl (C=O) groups is 1. The van der Waals surface area contributed by atoms with E-state index in [1.54, 1.807) is 24.3 Å². The molecule has 1 aliphatic heterocycles. The second kappa shape index (κ2) is 4.37. The predicted octanol–water partition coefficient (Wildman–Crippen LogP) is 0.490. The van der Waals surface area contributed by atoms with Crippen LogP contribution in [-0.4, -0.2) is 37.1 Å². The normalized spacial score (nSPS) is 18.4. The Balaban J connectivity index is 1.93. The van der Waals surface area contributed by atoms with Crippen molar-refractivity contribution in [2.24, 2.45) is 0 Å². The van der Waals surface area contributed by atoms with Gasteiger partial charge >= 0.3 is 5.97 Å². The average molecular weight is 256 g/mol. The van der Waals surface area contributed by atoms with Gasteiger partial charge in [0.15, 0.2) is 9.84 Å². The minimum Gasteiger partial charge on any atom is -0.488 e. The van der Waals surface area contributed by atoms with Gasteiger partial charge in [-0.1, -0.05) is 12.1 Å². The fraction of sp³-hybridized carbons (Fsp3) is 0.364. The Labute approximate surface area is 98.9 Å². The molecule has 0 spiro atoms. The number of sulfone groups is 1. The molecule has 1 aromatic carbocycles. The molecule has 1 aromatic rings. The van der Waals surface area contributed by atoms with Crippen molar-refractivity contribution in [3.05, 3.63) is 29.8 Å². The maximum absolute atomic E-state index is 10.9. The van der Waals surface area contributed by atoms with Crippen molar-refractivity contribution in [3.8, 4) is 5.75 Å². The van der Waals surface area contributed by atoms with E-state index < -0.39 is 15.8 Å². The van der Waals surface area contributed by atoms with Crippen LogP contribution >= 0.6 is 0 Å². The summed E-state index contributed by atoms with van der Waals surface area (Å²) in [7, 11) is -2.88. The van der Waals surface area contributed by atoms with E-state index in [9.17, 15) is 13.2 Å². The van der Waals surface area contributed by atoms with E-state index >= 15 is 0 Å². The lowest BCUT2D eigenvalue weighted by Crippen LogP contribution is -2.45. The van der Waals surface area contributed by atoms with Gasteiger partial charge in [-0.3, -0.25) is 4.79 Å². The van der Waals surface area contributed by atoms with Crippen LogP contribution in [0.3, 0.4) is 0 Å². The highest BCUT2D eigenvalue weighted by molar-refractivity contribution is 7.92. The Kier molecular flexibility index (Phi) is 3.06. The Morgan fingerprint density at radius 2 is 1.88 bits per heavy atom. The lowest BCUT2D eigenvalue weighted by Gasteiger charge is -2.26. The van der Waals surface area contributed by atoms with E-state index in [0.29, 0.717) is 11.3 Å². The van der Waals surface area contributed by atoms with Crippen LogP contribution in [0.25, 0.3) is 0 Å². The molecule has 92 valence electrons. The highest BCUT2D eigenvalue weighted by Crippen LogP contribution is 2.20. The largest absolute Gasteiger partial charge is 0.488 e. The lowest BCUT2D eigenvalue weighted by molar-refractivity contribution is -0.136. The van der Waals surface area contributed by atoms with Crippen LogP contribution in [-0.2, 0) is 21.1 Å². The van der Waals surface area contributed by atoms with Crippen molar-refractivity contribution >= 4 is 15.8 Å². The number of benzene rings is 1. The molecule has 0 bridgehead atoms. The van der Waals surface area contributed by atoms with Crippen molar-refractivity contribution in [2.75, 3.05) is 11.5 Å². The summed E-state index contributed by atoms with van der Waals surface area (Å²) in [6.45, 7) is 0. The van der Waals surface area contributed by atoms with E-state index in [-0.39, 0.29) is 24.0 Å². The molecule has 0 saturated carbocycles. The Morgan fingerprint density at radius 1 is 1.29 bits per heavy atom. The first-order valence-corrected chi connectivity index (χ1v) is 6.94. The zero-order valence-electron chi connectivity index (χ0n) is 9.00. The van der Waals surface area contributed by atoms with Gasteiger partial charge in [-0.25, -0.2) is 8.42 Å². The van der Waals surface area contributed by atoms with E-state index in [1.165, 1.54) is 0 Å². The fourth-order valence-corrected chi connectivity index (χ4v) is 2.81. The molecule has 1 N–H and O–H groups in total. The molecule has 5 nitrogen and oxygen atoms in total. The zero-order chi connectivity index (χ0) is 12.5. The van der Waals surface area contributed by atoms with Crippen molar-refractivity contribution < 1.29 is 23.1 Å². The molecule has 1 aliphatic rings. The molecule has 0 radical (unpaired) electrons. The van der Waals surface area contributed by atoms with Gasteiger partial charge in [0.25, 0.3) is 0 Å². The molecule has 1 heterocycles. The van der Waals surface area contributed by atoms with E-state index in [2.05, 4.69) is 0 Å². The van der Waals surface area contributed by atoms with E-state index in [0.717, 1.165) is 0 Å². The van der Waals surface area contributed by atoms with Crippen LogP contribution in [0.4, 0.5) is 0 Å². The van der Waals surface area contributed by atoms with Crippen LogP contribution in [0.1, 0.15) is 5.56 Å². The van der Waals surface area contributed by atoms with Crippen LogP contribution in [0.15, 0.2) is 24.3 Å². The zero-order valence-corrected chi connectivity index (χ0v) is 9.81. The third-order valence-electron chi connectivity index (χ3n) is 2.46. The fourth-order valence-electron chi connectivity index (χ4n) is 1.64. The molecule has 0 amide bonds. The van der Waals surface area contributed by atoms with Crippen LogP contribution in [0.5, 0.6) is 5.75 Å². The van der Waals surface area contributed by atoms with Crippen LogP contribution in [0.2, 0.25) is 0 Å². The van der Waals surface area contributed by atoms with Gasteiger partial charge in [-0.05, 0) is 17.7 Å². The van der Waals surface area contributed by atoms with Gasteiger partial charge in [0, 0.05) is 0 Å². The summed E-state index contributed by atoms with van der Waals surface area (Å²) in [5.74, 6) is -0.198. The molecule has 0 unspecified atom stereocenters. The smallest absolute Gasteiger partial charge is 0.307 e. The summed E-state index contributed by atoms with van der Waals surface area (Å²) >= 11 is 0. The molecule has 17 heavy (non-hydrogen) atoms. The van der Waals surface area contributed by atoms with Crippen molar-refractivity contribution in [3.63, 3.8) is 0 Å². The molecule has 1 saturated heterocycles. The Morgan fingerprint density at radius 3 is 2.35 bits per heavy atom. The Hall–Kier alpha value is -1.56. The second-order valence-electron chi connectivity index (χ2n) is 4.03. The molecule has 0 aromatic heterocycles. The van der Waals surface area contributed by atoms with Gasteiger partial charge in [-0.15, -0.1) is 0 Å². The third kappa shape index (κ3) is 3.20. The summed E-state index contributed by atoms with van der Waals surface area (Å²) < 4.78 is 27.3. The number of aliphatic carboxylic acids is 1. The first-order valence-electron chi connectivity index (χ1n) is 5.12. The van der Waals surface area contributed by atoms with Gasteiger partial charge in [0.1, 0.15) is 11.9 Å². The summed E-state index contributed by atoms with van der Waals surface area (Å²) in [6.07, 6.45) is -0.303. The minimum absolute atomic E-state index is 0.0297. The molecule has 0 aliphatic carbocycles. The van der Waals surface area contributed by atoms with Gasteiger partial charge in [0.2, 0.25) is 0 Å². The Bertz CT molecular complexity index is 505. The number of rotatable bonds is 4. The van der Waals surface area contributed by atoms with Crippen molar-refractivity contribution in [1.82, 2.24) is 0 Å². The van der Waals surface area contributed by atoms with Gasteiger partial charge in [-0.2, -0.15) is 0 Å². The number of carboxylic acid groups (broad SMARTS) is 1. The average Bonchev–Trinajstić information content (AvgIpc) is 2.17.